The topological polar surface area (TPSA) is 82.8 Å². The third-order valence-electron chi connectivity index (χ3n) is 3.83. The summed E-state index contributed by atoms with van der Waals surface area (Å²) in [6.07, 6.45) is 0. The van der Waals surface area contributed by atoms with Crippen LogP contribution in [0.4, 0.5) is 0 Å². The number of aromatic nitrogens is 1. The van der Waals surface area contributed by atoms with Crippen molar-refractivity contribution in [3.63, 3.8) is 0 Å². The Hall–Kier alpha value is -3.48. The van der Waals surface area contributed by atoms with E-state index in [9.17, 15) is 4.79 Å². The fourth-order valence-electron chi connectivity index (χ4n) is 2.43. The zero-order valence-electron chi connectivity index (χ0n) is 15.1. The third-order valence-corrected chi connectivity index (χ3v) is 3.83. The van der Waals surface area contributed by atoms with Gasteiger partial charge in [-0.3, -0.25) is 4.79 Å². The predicted molar refractivity (Wildman–Crippen MR) is 99.3 cm³/mol. The van der Waals surface area contributed by atoms with Gasteiger partial charge in [0, 0.05) is 11.6 Å². The number of amides is 1. The molecule has 0 atom stereocenters. The van der Waals surface area contributed by atoms with Crippen molar-refractivity contribution < 1.29 is 23.5 Å². The minimum Gasteiger partial charge on any atom is -0.497 e. The van der Waals surface area contributed by atoms with Gasteiger partial charge in [-0.05, 0) is 36.4 Å². The maximum Gasteiger partial charge on any atom is 0.273 e. The number of nitrogens with zero attached hydrogens (tertiary/aromatic N) is 1. The molecule has 7 nitrogen and oxygen atoms in total. The average molecular weight is 368 g/mol. The lowest BCUT2D eigenvalue weighted by atomic mass is 10.1. The molecule has 0 saturated carbocycles. The molecule has 2 aromatic carbocycles. The van der Waals surface area contributed by atoms with Gasteiger partial charge < -0.3 is 24.1 Å². The van der Waals surface area contributed by atoms with Crippen LogP contribution in [0.15, 0.2) is 59.1 Å². The second-order valence-corrected chi connectivity index (χ2v) is 5.56. The number of carbonyl (C=O) groups is 1. The molecule has 0 bridgehead atoms. The SMILES string of the molecule is COc1ccc(-c2cc(C(=O)NCCOc3ccccc3OC)no2)cc1. The number of carbonyl (C=O) groups excluding carboxylic acids is 1. The van der Waals surface area contributed by atoms with Gasteiger partial charge in [-0.25, -0.2) is 0 Å². The van der Waals surface area contributed by atoms with E-state index in [2.05, 4.69) is 10.5 Å². The van der Waals surface area contributed by atoms with Gasteiger partial charge in [-0.1, -0.05) is 17.3 Å². The Morgan fingerprint density at radius 2 is 1.78 bits per heavy atom. The van der Waals surface area contributed by atoms with Crippen molar-refractivity contribution in [2.75, 3.05) is 27.4 Å². The van der Waals surface area contributed by atoms with E-state index in [0.29, 0.717) is 30.4 Å². The highest BCUT2D eigenvalue weighted by Gasteiger charge is 2.13. The number of methoxy groups -OCH3 is 2. The van der Waals surface area contributed by atoms with Crippen LogP contribution in [0.3, 0.4) is 0 Å². The van der Waals surface area contributed by atoms with Crippen molar-refractivity contribution in [3.05, 3.63) is 60.3 Å². The van der Waals surface area contributed by atoms with E-state index in [4.69, 9.17) is 18.7 Å². The highest BCUT2D eigenvalue weighted by Crippen LogP contribution is 2.25. The van der Waals surface area contributed by atoms with E-state index in [1.165, 1.54) is 0 Å². The summed E-state index contributed by atoms with van der Waals surface area (Å²) in [6, 6.07) is 16.2. The number of rotatable bonds is 8. The Morgan fingerprint density at radius 1 is 1.04 bits per heavy atom. The van der Waals surface area contributed by atoms with Crippen molar-refractivity contribution in [2.45, 2.75) is 0 Å². The summed E-state index contributed by atoms with van der Waals surface area (Å²) >= 11 is 0. The molecule has 1 N–H and O–H groups in total. The van der Waals surface area contributed by atoms with Gasteiger partial charge in [0.15, 0.2) is 23.0 Å². The van der Waals surface area contributed by atoms with Crippen LogP contribution >= 0.6 is 0 Å². The first-order valence-corrected chi connectivity index (χ1v) is 8.36. The predicted octanol–water partition coefficient (Wildman–Crippen LogP) is 3.17. The molecule has 140 valence electrons. The molecule has 27 heavy (non-hydrogen) atoms. The molecule has 1 aromatic heterocycles. The van der Waals surface area contributed by atoms with Crippen LogP contribution < -0.4 is 19.5 Å². The molecule has 0 aliphatic heterocycles. The van der Waals surface area contributed by atoms with Crippen LogP contribution in [0.25, 0.3) is 11.3 Å². The Morgan fingerprint density at radius 3 is 2.48 bits per heavy atom. The molecular weight excluding hydrogens is 348 g/mol. The zero-order valence-corrected chi connectivity index (χ0v) is 15.1. The van der Waals surface area contributed by atoms with Gasteiger partial charge in [0.2, 0.25) is 0 Å². The fourth-order valence-corrected chi connectivity index (χ4v) is 2.43. The van der Waals surface area contributed by atoms with Crippen LogP contribution in [0.2, 0.25) is 0 Å². The van der Waals surface area contributed by atoms with Crippen molar-refractivity contribution in [1.29, 1.82) is 0 Å². The lowest BCUT2D eigenvalue weighted by molar-refractivity contribution is 0.0938. The summed E-state index contributed by atoms with van der Waals surface area (Å²) in [5.41, 5.74) is 1.01. The summed E-state index contributed by atoms with van der Waals surface area (Å²) in [7, 11) is 3.18. The van der Waals surface area contributed by atoms with E-state index in [0.717, 1.165) is 11.3 Å². The van der Waals surface area contributed by atoms with E-state index in [-0.39, 0.29) is 11.6 Å². The summed E-state index contributed by atoms with van der Waals surface area (Å²) in [5, 5.41) is 6.56. The molecule has 0 aliphatic rings. The molecule has 1 amide bonds. The minimum atomic E-state index is -0.331. The van der Waals surface area contributed by atoms with Gasteiger partial charge >= 0.3 is 0 Å². The average Bonchev–Trinajstić information content (AvgIpc) is 3.22. The van der Waals surface area contributed by atoms with Crippen molar-refractivity contribution in [3.8, 4) is 28.6 Å². The number of hydrogen-bond donors (Lipinski definition) is 1. The Labute approximate surface area is 156 Å². The van der Waals surface area contributed by atoms with Crippen LogP contribution in [-0.4, -0.2) is 38.4 Å². The Kier molecular flexibility index (Phi) is 5.94. The van der Waals surface area contributed by atoms with Crippen molar-refractivity contribution in [1.82, 2.24) is 10.5 Å². The van der Waals surface area contributed by atoms with E-state index in [1.54, 1.807) is 26.4 Å². The first kappa shape index (κ1) is 18.3. The molecule has 0 saturated heterocycles. The van der Waals surface area contributed by atoms with Gasteiger partial charge in [0.1, 0.15) is 12.4 Å². The standard InChI is InChI=1S/C20H20N2O5/c1-24-15-9-7-14(8-10-15)19-13-16(22-27-19)20(23)21-11-12-26-18-6-4-3-5-17(18)25-2/h3-10,13H,11-12H2,1-2H3,(H,21,23). The van der Waals surface area contributed by atoms with Crippen LogP contribution in [0.5, 0.6) is 17.2 Å². The summed E-state index contributed by atoms with van der Waals surface area (Å²) in [6.45, 7) is 0.622. The molecule has 0 radical (unpaired) electrons. The highest BCUT2D eigenvalue weighted by molar-refractivity contribution is 5.93. The monoisotopic (exact) mass is 368 g/mol. The maximum absolute atomic E-state index is 12.2. The lowest BCUT2D eigenvalue weighted by Gasteiger charge is -2.10. The molecular formula is C20H20N2O5. The van der Waals surface area contributed by atoms with E-state index < -0.39 is 0 Å². The molecule has 0 fully saturated rings. The molecule has 1 heterocycles. The maximum atomic E-state index is 12.2. The summed E-state index contributed by atoms with van der Waals surface area (Å²) < 4.78 is 21.2. The quantitative estimate of drug-likeness (QED) is 0.615. The van der Waals surface area contributed by atoms with Crippen LogP contribution in [0, 0.1) is 0 Å². The number of hydrogen-bond acceptors (Lipinski definition) is 6. The summed E-state index contributed by atoms with van der Waals surface area (Å²) in [4.78, 5) is 12.2. The third kappa shape index (κ3) is 4.58. The first-order chi connectivity index (χ1) is 13.2. The smallest absolute Gasteiger partial charge is 0.273 e. The van der Waals surface area contributed by atoms with E-state index in [1.807, 2.05) is 42.5 Å². The second kappa shape index (κ2) is 8.75. The number of benzene rings is 2. The first-order valence-electron chi connectivity index (χ1n) is 8.36. The minimum absolute atomic E-state index is 0.207. The normalized spacial score (nSPS) is 10.3. The second-order valence-electron chi connectivity index (χ2n) is 5.56. The molecule has 7 heteroatoms. The largest absolute Gasteiger partial charge is 0.497 e. The zero-order chi connectivity index (χ0) is 19.1. The molecule has 0 spiro atoms. The molecule has 0 unspecified atom stereocenters. The van der Waals surface area contributed by atoms with Crippen LogP contribution in [0.1, 0.15) is 10.5 Å². The Balaban J connectivity index is 1.52. The van der Waals surface area contributed by atoms with E-state index >= 15 is 0 Å². The van der Waals surface area contributed by atoms with Gasteiger partial charge in [0.05, 0.1) is 20.8 Å². The van der Waals surface area contributed by atoms with Crippen molar-refractivity contribution >= 4 is 5.91 Å². The lowest BCUT2D eigenvalue weighted by Crippen LogP contribution is -2.28. The van der Waals surface area contributed by atoms with Crippen molar-refractivity contribution in [2.24, 2.45) is 0 Å². The number of ether oxygens (including phenoxy) is 3. The number of para-hydroxylation sites is 2. The number of nitrogens with one attached hydrogen (secondary N) is 1. The highest BCUT2D eigenvalue weighted by atomic mass is 16.5. The van der Waals surface area contributed by atoms with Gasteiger partial charge in [-0.15, -0.1) is 0 Å². The fraction of sp³-hybridized carbons (Fsp3) is 0.200. The van der Waals surface area contributed by atoms with Gasteiger partial charge in [0.25, 0.3) is 5.91 Å². The molecule has 0 aliphatic carbocycles. The Bertz CT molecular complexity index is 889. The van der Waals surface area contributed by atoms with Gasteiger partial charge in [-0.2, -0.15) is 0 Å². The molecule has 3 rings (SSSR count). The summed E-state index contributed by atoms with van der Waals surface area (Å²) in [5.74, 6) is 2.18. The van der Waals surface area contributed by atoms with Crippen LogP contribution in [-0.2, 0) is 0 Å². The molecule has 3 aromatic rings.